The summed E-state index contributed by atoms with van der Waals surface area (Å²) in [4.78, 5) is 56.2. The summed E-state index contributed by atoms with van der Waals surface area (Å²) in [6.07, 6.45) is -9.00. The molecule has 0 atom stereocenters. The van der Waals surface area contributed by atoms with E-state index in [1.807, 2.05) is 0 Å². The van der Waals surface area contributed by atoms with Crippen molar-refractivity contribution in [1.82, 2.24) is 0 Å². The number of hydrogen-bond donors (Lipinski definition) is 5. The first-order valence-corrected chi connectivity index (χ1v) is 3.99. The van der Waals surface area contributed by atoms with Crippen molar-refractivity contribution in [3.05, 3.63) is 0 Å². The minimum absolute atomic E-state index is 0. The van der Waals surface area contributed by atoms with Gasteiger partial charge in [0.1, 0.15) is 0 Å². The first kappa shape index (κ1) is 56.3. The second-order valence-corrected chi connectivity index (χ2v) is 1.75. The third kappa shape index (κ3) is 239. The molecule has 0 radical (unpaired) electrons. The van der Waals surface area contributed by atoms with Crippen molar-refractivity contribution in [1.29, 1.82) is 0 Å². The van der Waals surface area contributed by atoms with Gasteiger partial charge < -0.3 is 81.7 Å². The maximum absolute atomic E-state index is 8.83. The van der Waals surface area contributed by atoms with Gasteiger partial charge in [-0.3, -0.25) is 0 Å². The summed E-state index contributed by atoms with van der Waals surface area (Å²) in [5.74, 6) is 0. The molecule has 7 N–H and O–H groups in total. The number of carbonyl (C=O) groups is 5. The Balaban J connectivity index is -0.0000000238. The van der Waals surface area contributed by atoms with E-state index in [4.69, 9.17) is 75.8 Å². The first-order valence-electron chi connectivity index (χ1n) is 3.99. The average Bonchev–Trinajstić information content (AvgIpc) is 2.56. The molecule has 158 valence electrons. The van der Waals surface area contributed by atoms with Crippen LogP contribution in [0.3, 0.4) is 0 Å². The summed E-state index contributed by atoms with van der Waals surface area (Å²) >= 11 is 0. The Kier molecular flexibility index (Phi) is 97.3. The number of rotatable bonds is 0. The predicted octanol–water partition coefficient (Wildman–Crippen LogP) is -12.4. The fraction of sp³-hybridized carbons (Fsp3) is 0. The minimum Gasteiger partial charge on any atom is -0.659 e. The van der Waals surface area contributed by atoms with Crippen LogP contribution in [0.4, 0.5) is 24.0 Å². The summed E-state index contributed by atoms with van der Waals surface area (Å²) < 4.78 is 0. The van der Waals surface area contributed by atoms with Gasteiger partial charge in [-0.1, -0.05) is 0 Å². The van der Waals surface area contributed by atoms with E-state index < -0.39 is 30.8 Å². The van der Waals surface area contributed by atoms with Crippen LogP contribution in [0, 0.1) is 0 Å². The molecule has 0 bridgehead atoms. The van der Waals surface area contributed by atoms with Crippen LogP contribution in [0.5, 0.6) is 0 Å². The van der Waals surface area contributed by atoms with Crippen molar-refractivity contribution >= 4 is 48.1 Å². The molecule has 24 heteroatoms. The summed E-state index contributed by atoms with van der Waals surface area (Å²) in [6.45, 7) is 0. The van der Waals surface area contributed by atoms with Crippen LogP contribution < -0.4 is 64.0 Å². The molecule has 0 unspecified atom stereocenters. The predicted molar refractivity (Wildman–Crippen MR) is 54.9 cm³/mol. The molecule has 0 fully saturated rings. The molecule has 0 saturated carbocycles. The van der Waals surface area contributed by atoms with Crippen LogP contribution in [0.1, 0.15) is 0 Å². The Bertz CT molecular complexity index is 293. The zero-order chi connectivity index (χ0) is 21.4. The fourth-order valence-electron chi connectivity index (χ4n) is 0. The summed E-state index contributed by atoms with van der Waals surface area (Å²) in [5, 5.41) is 78.6. The maximum Gasteiger partial charge on any atom is 3.00 e. The zero-order valence-electron chi connectivity index (χ0n) is 13.9. The van der Waals surface area contributed by atoms with E-state index in [1.54, 1.807) is 0 Å². The van der Waals surface area contributed by atoms with Gasteiger partial charge >= 0.3 is 85.9 Å². The van der Waals surface area contributed by atoms with Gasteiger partial charge in [-0.25, -0.2) is 24.0 Å². The molecule has 0 aliphatic carbocycles. The van der Waals surface area contributed by atoms with Gasteiger partial charge in [0, 0.05) is 0 Å². The van der Waals surface area contributed by atoms with Crippen LogP contribution in [0.2, 0.25) is 0 Å². The van der Waals surface area contributed by atoms with Crippen molar-refractivity contribution in [2.24, 2.45) is 0 Å². The summed E-state index contributed by atoms with van der Waals surface area (Å²) in [5.41, 5.74) is 0. The molecule has 0 heterocycles. The summed E-state index contributed by atoms with van der Waals surface area (Å²) in [7, 11) is 0. The maximum atomic E-state index is 8.83. The van der Waals surface area contributed by atoms with E-state index in [9.17, 15) is 0 Å². The Morgan fingerprint density at radius 2 is 0.483 bits per heavy atom. The zero-order valence-corrected chi connectivity index (χ0v) is 15.1. The molecule has 0 rings (SSSR count). The monoisotopic (exact) mass is 444 g/mol. The molecular weight excluding hydrogens is 437 g/mol. The van der Waals surface area contributed by atoms with E-state index in [0.717, 1.165) is 0 Å². The van der Waals surface area contributed by atoms with Crippen molar-refractivity contribution in [2.75, 3.05) is 0 Å². The van der Waals surface area contributed by atoms with Crippen molar-refractivity contribution < 1.29 is 143 Å². The first-order chi connectivity index (χ1) is 11.4. The molecule has 0 amide bonds. The fourth-order valence-corrected chi connectivity index (χ4v) is 0. The van der Waals surface area contributed by atoms with Crippen LogP contribution >= 0.6 is 0 Å². The third-order valence-corrected chi connectivity index (χ3v) is 0.356. The van der Waals surface area contributed by atoms with E-state index in [2.05, 4.69) is 24.4 Å². The van der Waals surface area contributed by atoms with Gasteiger partial charge in [-0.15, -0.1) is 0 Å². The normalized spacial score (nSPS) is 5.69. The van der Waals surface area contributed by atoms with E-state index in [-0.39, 0.29) is 60.6 Å². The molecule has 0 saturated heterocycles. The molecular formula is C5H7AlLi2O21. The molecule has 29 heavy (non-hydrogen) atoms. The quantitative estimate of drug-likeness (QED) is 0.131. The SMILES string of the molecule is O.O=C(O)O[O-].O=C(O)O[O-].O=C(O)O[O-].O=C(O)O[O-].O=C(O)O[O-].[Al+3].[Li+].[Li+]. The van der Waals surface area contributed by atoms with Crippen LogP contribution in [-0.4, -0.2) is 79.1 Å². The third-order valence-electron chi connectivity index (χ3n) is 0.356. The van der Waals surface area contributed by atoms with Crippen molar-refractivity contribution in [3.63, 3.8) is 0 Å². The topological polar surface area (TPSA) is 379 Å². The van der Waals surface area contributed by atoms with E-state index >= 15 is 0 Å². The Hall–Kier alpha value is -2.16. The van der Waals surface area contributed by atoms with Gasteiger partial charge in [0.15, 0.2) is 0 Å². The van der Waals surface area contributed by atoms with Crippen molar-refractivity contribution in [2.45, 2.75) is 0 Å². The second kappa shape index (κ2) is 50.1. The molecule has 0 aromatic rings. The van der Waals surface area contributed by atoms with Crippen LogP contribution in [0.15, 0.2) is 0 Å². The molecule has 0 aliphatic rings. The van der Waals surface area contributed by atoms with E-state index in [1.165, 1.54) is 0 Å². The second-order valence-electron chi connectivity index (χ2n) is 1.75. The van der Waals surface area contributed by atoms with Gasteiger partial charge in [0.05, 0.1) is 0 Å². The number of hydrogen-bond acceptors (Lipinski definition) is 15. The number of carboxylic acid groups (broad SMARTS) is 5. The Morgan fingerprint density at radius 3 is 0.483 bits per heavy atom. The largest absolute Gasteiger partial charge is 3.00 e. The standard InChI is InChI=1S/5CH2O4.Al.2Li.H2O/c5*2-1(3)5-4;;;;/h5*4H,(H,2,3);;;;1H2/q;;;;;+3;2*+1;/p-5. The average molecular weight is 444 g/mol. The summed E-state index contributed by atoms with van der Waals surface area (Å²) in [6, 6.07) is 0. The molecule has 0 aromatic heterocycles. The molecule has 21 nitrogen and oxygen atoms in total. The van der Waals surface area contributed by atoms with Gasteiger partial charge in [-0.05, 0) is 0 Å². The van der Waals surface area contributed by atoms with Crippen LogP contribution in [-0.2, 0) is 24.4 Å². The van der Waals surface area contributed by atoms with Gasteiger partial charge in [0.25, 0.3) is 0 Å². The van der Waals surface area contributed by atoms with Gasteiger partial charge in [-0.2, -0.15) is 0 Å². The van der Waals surface area contributed by atoms with Crippen LogP contribution in [0.25, 0.3) is 0 Å². The Labute approximate surface area is 191 Å². The Morgan fingerprint density at radius 1 is 0.448 bits per heavy atom. The molecule has 0 aliphatic heterocycles. The smallest absolute Gasteiger partial charge is 0.659 e. The van der Waals surface area contributed by atoms with Gasteiger partial charge in [0.2, 0.25) is 0 Å². The molecule has 0 aromatic carbocycles. The molecule has 0 spiro atoms. The van der Waals surface area contributed by atoms with E-state index in [0.29, 0.717) is 0 Å². The minimum atomic E-state index is -1.80. The van der Waals surface area contributed by atoms with Crippen molar-refractivity contribution in [3.8, 4) is 0 Å².